The topological polar surface area (TPSA) is 0 Å². The summed E-state index contributed by atoms with van der Waals surface area (Å²) in [5, 5.41) is 0. The molecule has 0 saturated carbocycles. The summed E-state index contributed by atoms with van der Waals surface area (Å²) in [6.45, 7) is 0. The van der Waals surface area contributed by atoms with Gasteiger partial charge in [0.05, 0.1) is 0 Å². The predicted octanol–water partition coefficient (Wildman–Crippen LogP) is 6.01. The molecule has 0 nitrogen and oxygen atoms in total. The summed E-state index contributed by atoms with van der Waals surface area (Å²) in [5.41, 5.74) is 9.08. The summed E-state index contributed by atoms with van der Waals surface area (Å²) in [7, 11) is 0. The Morgan fingerprint density at radius 2 is 1.05 bits per heavy atom. The number of aryl methyl sites for hydroxylation is 2. The largest absolute Gasteiger partial charge is 0.0533 e. The molecule has 0 bridgehead atoms. The second kappa shape index (κ2) is 4.85. The highest BCUT2D eigenvalue weighted by Gasteiger charge is 2.25. The maximum absolute atomic E-state index is 3.58. The third-order valence-electron chi connectivity index (χ3n) is 4.44. The van der Waals surface area contributed by atoms with E-state index in [-0.39, 0.29) is 0 Å². The molecule has 0 aliphatic heterocycles. The number of hydrogen-bond acceptors (Lipinski definition) is 0. The molecule has 0 unspecified atom stereocenters. The Balaban J connectivity index is 1.88. The van der Waals surface area contributed by atoms with Crippen molar-refractivity contribution >= 4 is 43.0 Å². The van der Waals surface area contributed by atoms with Crippen molar-refractivity contribution in [1.82, 2.24) is 0 Å². The Labute approximate surface area is 136 Å². The van der Waals surface area contributed by atoms with Gasteiger partial charge in [0.2, 0.25) is 0 Å². The van der Waals surface area contributed by atoms with Crippen molar-refractivity contribution in [2.24, 2.45) is 0 Å². The molecule has 2 aliphatic carbocycles. The van der Waals surface area contributed by atoms with Gasteiger partial charge < -0.3 is 0 Å². The maximum Gasteiger partial charge on any atom is 0.0178 e. The molecule has 0 N–H and O–H groups in total. The smallest absolute Gasteiger partial charge is 0.0178 e. The zero-order valence-corrected chi connectivity index (χ0v) is 14.2. The third-order valence-corrected chi connectivity index (χ3v) is 5.42. The molecule has 20 heavy (non-hydrogen) atoms. The van der Waals surface area contributed by atoms with Gasteiger partial charge in [0.1, 0.15) is 0 Å². The number of hydrogen-bond donors (Lipinski definition) is 0. The molecule has 0 radical (unpaired) electrons. The molecule has 100 valence electrons. The lowest BCUT2D eigenvalue weighted by Gasteiger charge is -2.08. The SMILES string of the molecule is Brc1ccc2c(c1)CCC2=C1CCc2cc(Br)ccc21. The van der Waals surface area contributed by atoms with Gasteiger partial charge >= 0.3 is 0 Å². The monoisotopic (exact) mass is 388 g/mol. The lowest BCUT2D eigenvalue weighted by molar-refractivity contribution is 1.06. The van der Waals surface area contributed by atoms with Crippen LogP contribution in [0.25, 0.3) is 11.1 Å². The van der Waals surface area contributed by atoms with Crippen molar-refractivity contribution in [3.8, 4) is 0 Å². The molecular formula is C18H14Br2. The lowest BCUT2D eigenvalue weighted by atomic mass is 9.97. The molecule has 2 heteroatoms. The van der Waals surface area contributed by atoms with Crippen LogP contribution in [0.15, 0.2) is 45.3 Å². The molecule has 0 atom stereocenters. The number of allylic oxidation sites excluding steroid dienone is 2. The van der Waals surface area contributed by atoms with Crippen molar-refractivity contribution in [2.75, 3.05) is 0 Å². The van der Waals surface area contributed by atoms with E-state index in [4.69, 9.17) is 0 Å². The molecule has 0 aromatic heterocycles. The molecule has 2 aliphatic rings. The van der Waals surface area contributed by atoms with Crippen LogP contribution in [0.3, 0.4) is 0 Å². The standard InChI is InChI=1S/C18H14Br2/c19-13-3-7-15-11(9-13)1-5-17(15)18-6-2-12-10-14(20)4-8-16(12)18/h3-4,7-10H,1-2,5-6H2. The summed E-state index contributed by atoms with van der Waals surface area (Å²) in [6, 6.07) is 13.5. The van der Waals surface area contributed by atoms with Crippen LogP contribution >= 0.6 is 31.9 Å². The van der Waals surface area contributed by atoms with Gasteiger partial charge in [0.25, 0.3) is 0 Å². The zero-order chi connectivity index (χ0) is 13.7. The minimum Gasteiger partial charge on any atom is -0.0533 e. The van der Waals surface area contributed by atoms with Crippen LogP contribution < -0.4 is 0 Å². The van der Waals surface area contributed by atoms with Gasteiger partial charge in [0.15, 0.2) is 0 Å². The predicted molar refractivity (Wildman–Crippen MR) is 91.7 cm³/mol. The summed E-state index contributed by atoms with van der Waals surface area (Å²) >= 11 is 7.16. The Hall–Kier alpha value is -0.860. The summed E-state index contributed by atoms with van der Waals surface area (Å²) in [5.74, 6) is 0. The van der Waals surface area contributed by atoms with Crippen molar-refractivity contribution in [3.05, 3.63) is 67.6 Å². The van der Waals surface area contributed by atoms with Crippen molar-refractivity contribution in [3.63, 3.8) is 0 Å². The van der Waals surface area contributed by atoms with Gasteiger partial charge in [-0.2, -0.15) is 0 Å². The van der Waals surface area contributed by atoms with Crippen molar-refractivity contribution in [2.45, 2.75) is 25.7 Å². The van der Waals surface area contributed by atoms with Gasteiger partial charge in [-0.05, 0) is 83.3 Å². The van der Waals surface area contributed by atoms with Crippen molar-refractivity contribution in [1.29, 1.82) is 0 Å². The third kappa shape index (κ3) is 2.01. The molecular weight excluding hydrogens is 376 g/mol. The first-order chi connectivity index (χ1) is 9.72. The first-order valence-electron chi connectivity index (χ1n) is 7.02. The van der Waals surface area contributed by atoms with E-state index in [1.165, 1.54) is 56.9 Å². The highest BCUT2D eigenvalue weighted by atomic mass is 79.9. The molecule has 0 fully saturated rings. The van der Waals surface area contributed by atoms with E-state index < -0.39 is 0 Å². The summed E-state index contributed by atoms with van der Waals surface area (Å²) in [6.07, 6.45) is 4.74. The quantitative estimate of drug-likeness (QED) is 0.517. The Kier molecular flexibility index (Phi) is 3.12. The summed E-state index contributed by atoms with van der Waals surface area (Å²) in [4.78, 5) is 0. The average molecular weight is 390 g/mol. The van der Waals surface area contributed by atoms with Crippen LogP contribution in [0.2, 0.25) is 0 Å². The highest BCUT2D eigenvalue weighted by molar-refractivity contribution is 9.10. The van der Waals surface area contributed by atoms with Gasteiger partial charge in [-0.1, -0.05) is 44.0 Å². The second-order valence-electron chi connectivity index (χ2n) is 5.56. The lowest BCUT2D eigenvalue weighted by Crippen LogP contribution is -1.86. The summed E-state index contributed by atoms with van der Waals surface area (Å²) < 4.78 is 2.39. The molecule has 0 spiro atoms. The number of halogens is 2. The molecule has 0 heterocycles. The molecule has 4 rings (SSSR count). The zero-order valence-electron chi connectivity index (χ0n) is 11.0. The van der Waals surface area contributed by atoms with E-state index in [0.717, 1.165) is 0 Å². The van der Waals surface area contributed by atoms with Crippen LogP contribution in [0.1, 0.15) is 35.1 Å². The van der Waals surface area contributed by atoms with Crippen LogP contribution in [-0.4, -0.2) is 0 Å². The number of rotatable bonds is 0. The van der Waals surface area contributed by atoms with Gasteiger partial charge in [0, 0.05) is 8.95 Å². The normalized spacial score (nSPS) is 20.1. The van der Waals surface area contributed by atoms with E-state index in [0.29, 0.717) is 0 Å². The fraction of sp³-hybridized carbons (Fsp3) is 0.222. The van der Waals surface area contributed by atoms with Gasteiger partial charge in [-0.25, -0.2) is 0 Å². The fourth-order valence-electron chi connectivity index (χ4n) is 3.54. The Morgan fingerprint density at radius 3 is 1.50 bits per heavy atom. The first-order valence-corrected chi connectivity index (χ1v) is 8.60. The molecule has 0 amide bonds. The Morgan fingerprint density at radius 1 is 0.600 bits per heavy atom. The molecule has 2 aromatic rings. The van der Waals surface area contributed by atoms with E-state index in [1.54, 1.807) is 11.1 Å². The average Bonchev–Trinajstić information content (AvgIpc) is 3.01. The minimum atomic E-state index is 1.18. The van der Waals surface area contributed by atoms with Gasteiger partial charge in [-0.15, -0.1) is 0 Å². The molecule has 2 aromatic carbocycles. The van der Waals surface area contributed by atoms with Crippen LogP contribution in [0, 0.1) is 0 Å². The first kappa shape index (κ1) is 12.8. The van der Waals surface area contributed by atoms with E-state index in [1.807, 2.05) is 0 Å². The fourth-order valence-corrected chi connectivity index (χ4v) is 4.36. The van der Waals surface area contributed by atoms with E-state index in [2.05, 4.69) is 68.3 Å². The molecule has 0 saturated heterocycles. The van der Waals surface area contributed by atoms with Crippen LogP contribution in [0.4, 0.5) is 0 Å². The van der Waals surface area contributed by atoms with E-state index in [9.17, 15) is 0 Å². The number of benzene rings is 2. The van der Waals surface area contributed by atoms with E-state index >= 15 is 0 Å². The highest BCUT2D eigenvalue weighted by Crippen LogP contribution is 2.44. The Bertz CT molecular complexity index is 678. The minimum absolute atomic E-state index is 1.18. The van der Waals surface area contributed by atoms with Crippen LogP contribution in [-0.2, 0) is 12.8 Å². The second-order valence-corrected chi connectivity index (χ2v) is 7.39. The van der Waals surface area contributed by atoms with Crippen molar-refractivity contribution < 1.29 is 0 Å². The van der Waals surface area contributed by atoms with Crippen LogP contribution in [0.5, 0.6) is 0 Å². The maximum atomic E-state index is 3.58. The van der Waals surface area contributed by atoms with Gasteiger partial charge in [-0.3, -0.25) is 0 Å². The number of fused-ring (bicyclic) bond motifs is 2.